The van der Waals surface area contributed by atoms with Crippen LogP contribution >= 0.6 is 0 Å². The molecule has 0 saturated heterocycles. The standard InChI is InChI=1S/C24H30N2/c1-15-17(13-25(3)4)11-21-22-12-18(14-26(5)6)16(2)24(22)20-10-8-7-9-19(20)23(15)21/h7-10H,11-14H2,1-6H3. The van der Waals surface area contributed by atoms with Crippen molar-refractivity contribution >= 4 is 21.9 Å². The monoisotopic (exact) mass is 346 g/mol. The molecule has 2 aromatic carbocycles. The molecule has 0 N–H and O–H groups in total. The minimum absolute atomic E-state index is 1.06. The highest BCUT2D eigenvalue weighted by molar-refractivity contribution is 6.06. The highest BCUT2D eigenvalue weighted by atomic mass is 15.1. The Labute approximate surface area is 157 Å². The number of allylic oxidation sites excluding steroid dienone is 2. The molecule has 0 spiro atoms. The lowest BCUT2D eigenvalue weighted by molar-refractivity contribution is 0.442. The number of rotatable bonds is 4. The second-order valence-electron chi connectivity index (χ2n) is 8.54. The van der Waals surface area contributed by atoms with Crippen LogP contribution in [0.2, 0.25) is 0 Å². The lowest BCUT2D eigenvalue weighted by Gasteiger charge is -2.15. The minimum Gasteiger partial charge on any atom is -0.305 e. The van der Waals surface area contributed by atoms with Gasteiger partial charge in [0, 0.05) is 13.1 Å². The van der Waals surface area contributed by atoms with E-state index >= 15 is 0 Å². The van der Waals surface area contributed by atoms with Crippen LogP contribution in [0.4, 0.5) is 0 Å². The normalized spacial score (nSPS) is 16.5. The maximum Gasteiger partial charge on any atom is 0.0196 e. The van der Waals surface area contributed by atoms with Crippen LogP contribution in [0.25, 0.3) is 21.9 Å². The minimum atomic E-state index is 1.06. The predicted molar refractivity (Wildman–Crippen MR) is 114 cm³/mol. The van der Waals surface area contributed by atoms with Crippen molar-refractivity contribution in [2.24, 2.45) is 0 Å². The van der Waals surface area contributed by atoms with Crippen molar-refractivity contribution in [3.8, 4) is 0 Å². The van der Waals surface area contributed by atoms with Crippen molar-refractivity contribution in [2.75, 3.05) is 41.3 Å². The van der Waals surface area contributed by atoms with Crippen molar-refractivity contribution in [1.29, 1.82) is 0 Å². The molecule has 26 heavy (non-hydrogen) atoms. The van der Waals surface area contributed by atoms with Gasteiger partial charge in [0.15, 0.2) is 0 Å². The molecule has 136 valence electrons. The van der Waals surface area contributed by atoms with Crippen LogP contribution in [0.3, 0.4) is 0 Å². The number of fused-ring (bicyclic) bond motifs is 6. The van der Waals surface area contributed by atoms with Gasteiger partial charge < -0.3 is 9.80 Å². The van der Waals surface area contributed by atoms with Crippen molar-refractivity contribution < 1.29 is 0 Å². The van der Waals surface area contributed by atoms with E-state index in [-0.39, 0.29) is 0 Å². The van der Waals surface area contributed by atoms with E-state index in [0.717, 1.165) is 25.9 Å². The summed E-state index contributed by atoms with van der Waals surface area (Å²) in [6.45, 7) is 6.78. The van der Waals surface area contributed by atoms with E-state index in [1.807, 2.05) is 0 Å². The Morgan fingerprint density at radius 1 is 0.692 bits per heavy atom. The average molecular weight is 347 g/mol. The molecular formula is C24H30N2. The topological polar surface area (TPSA) is 6.48 Å². The number of hydrogen-bond acceptors (Lipinski definition) is 2. The Morgan fingerprint density at radius 3 is 1.42 bits per heavy atom. The molecule has 2 aliphatic rings. The van der Waals surface area contributed by atoms with Crippen LogP contribution in [0.5, 0.6) is 0 Å². The molecule has 0 atom stereocenters. The van der Waals surface area contributed by atoms with Gasteiger partial charge in [-0.1, -0.05) is 24.3 Å². The Bertz CT molecular complexity index is 879. The van der Waals surface area contributed by atoms with Crippen LogP contribution in [-0.4, -0.2) is 51.1 Å². The van der Waals surface area contributed by atoms with Crippen LogP contribution < -0.4 is 0 Å². The third-order valence-electron chi connectivity index (χ3n) is 6.04. The van der Waals surface area contributed by atoms with Crippen molar-refractivity contribution in [3.63, 3.8) is 0 Å². The number of hydrogen-bond donors (Lipinski definition) is 0. The average Bonchev–Trinajstić information content (AvgIpc) is 3.06. The van der Waals surface area contributed by atoms with Crippen molar-refractivity contribution in [1.82, 2.24) is 9.80 Å². The van der Waals surface area contributed by atoms with Gasteiger partial charge in [-0.3, -0.25) is 0 Å². The van der Waals surface area contributed by atoms with Gasteiger partial charge in [0.2, 0.25) is 0 Å². The first-order valence-corrected chi connectivity index (χ1v) is 9.62. The summed E-state index contributed by atoms with van der Waals surface area (Å²) in [5, 5.41) is 2.89. The zero-order valence-electron chi connectivity index (χ0n) is 17.0. The molecule has 2 nitrogen and oxygen atoms in total. The van der Waals surface area contributed by atoms with E-state index in [4.69, 9.17) is 0 Å². The maximum atomic E-state index is 2.33. The van der Waals surface area contributed by atoms with E-state index in [2.05, 4.69) is 76.1 Å². The third kappa shape index (κ3) is 2.64. The van der Waals surface area contributed by atoms with Gasteiger partial charge in [0.1, 0.15) is 0 Å². The summed E-state index contributed by atoms with van der Waals surface area (Å²) in [6.07, 6.45) is 2.24. The zero-order valence-corrected chi connectivity index (χ0v) is 17.0. The van der Waals surface area contributed by atoms with Gasteiger partial charge in [0.05, 0.1) is 0 Å². The molecular weight excluding hydrogens is 316 g/mol. The van der Waals surface area contributed by atoms with Crippen LogP contribution in [-0.2, 0) is 12.8 Å². The number of likely N-dealkylation sites (N-methyl/N-ethyl adjacent to an activating group) is 2. The fourth-order valence-corrected chi connectivity index (χ4v) is 4.95. The Morgan fingerprint density at radius 2 is 1.08 bits per heavy atom. The zero-order chi connectivity index (χ0) is 18.6. The summed E-state index contributed by atoms with van der Waals surface area (Å²) in [5.41, 5.74) is 12.4. The van der Waals surface area contributed by atoms with Crippen molar-refractivity contribution in [3.05, 3.63) is 57.7 Å². The molecule has 0 saturated carbocycles. The van der Waals surface area contributed by atoms with Gasteiger partial charge in [-0.15, -0.1) is 0 Å². The molecule has 4 rings (SSSR count). The van der Waals surface area contributed by atoms with E-state index in [1.54, 1.807) is 22.3 Å². The molecule has 0 unspecified atom stereocenters. The highest BCUT2D eigenvalue weighted by Crippen LogP contribution is 2.47. The predicted octanol–water partition coefficient (Wildman–Crippen LogP) is 4.62. The summed E-state index contributed by atoms with van der Waals surface area (Å²) in [5.74, 6) is 0. The highest BCUT2D eigenvalue weighted by Gasteiger charge is 2.31. The van der Waals surface area contributed by atoms with Crippen LogP contribution in [0, 0.1) is 0 Å². The second-order valence-corrected chi connectivity index (χ2v) is 8.54. The fourth-order valence-electron chi connectivity index (χ4n) is 4.95. The number of benzene rings is 2. The summed E-state index contributed by atoms with van der Waals surface area (Å²) in [7, 11) is 8.69. The van der Waals surface area contributed by atoms with Gasteiger partial charge >= 0.3 is 0 Å². The molecule has 2 heteroatoms. The molecule has 0 aromatic heterocycles. The number of nitrogens with zero attached hydrogens (tertiary/aromatic N) is 2. The van der Waals surface area contributed by atoms with Gasteiger partial charge in [-0.05, 0) is 110 Å². The molecule has 0 aliphatic heterocycles. The lowest BCUT2D eigenvalue weighted by Crippen LogP contribution is -2.16. The molecule has 0 bridgehead atoms. The van der Waals surface area contributed by atoms with Gasteiger partial charge in [-0.25, -0.2) is 0 Å². The second kappa shape index (κ2) is 6.37. The van der Waals surface area contributed by atoms with E-state index < -0.39 is 0 Å². The molecule has 2 aliphatic carbocycles. The van der Waals surface area contributed by atoms with Crippen LogP contribution in [0.15, 0.2) is 35.4 Å². The Kier molecular flexibility index (Phi) is 4.29. The quantitative estimate of drug-likeness (QED) is 0.797. The molecule has 0 amide bonds. The molecule has 0 fully saturated rings. The van der Waals surface area contributed by atoms with Crippen LogP contribution in [0.1, 0.15) is 36.1 Å². The van der Waals surface area contributed by atoms with E-state index in [9.17, 15) is 0 Å². The van der Waals surface area contributed by atoms with Gasteiger partial charge in [-0.2, -0.15) is 0 Å². The van der Waals surface area contributed by atoms with E-state index in [0.29, 0.717) is 0 Å². The summed E-state index contributed by atoms with van der Waals surface area (Å²) >= 11 is 0. The molecule has 2 aromatic rings. The Hall–Kier alpha value is -1.90. The fraction of sp³-hybridized carbons (Fsp3) is 0.417. The smallest absolute Gasteiger partial charge is 0.0196 e. The largest absolute Gasteiger partial charge is 0.305 e. The lowest BCUT2D eigenvalue weighted by atomic mass is 9.88. The first kappa shape index (κ1) is 17.5. The van der Waals surface area contributed by atoms with Crippen molar-refractivity contribution in [2.45, 2.75) is 26.7 Å². The van der Waals surface area contributed by atoms with E-state index in [1.165, 1.54) is 33.0 Å². The van der Waals surface area contributed by atoms with Gasteiger partial charge in [0.25, 0.3) is 0 Å². The maximum absolute atomic E-state index is 2.33. The summed E-state index contributed by atoms with van der Waals surface area (Å²) < 4.78 is 0. The molecule has 0 heterocycles. The first-order chi connectivity index (χ1) is 12.4. The summed E-state index contributed by atoms with van der Waals surface area (Å²) in [4.78, 5) is 4.60. The molecule has 0 radical (unpaired) electrons. The SMILES string of the molecule is CC1=C(CN(C)C)Cc2c3c(c4ccccc4c21)C(C)=C(CN(C)C)C3. The third-order valence-corrected chi connectivity index (χ3v) is 6.04. The Balaban J connectivity index is 1.94. The first-order valence-electron chi connectivity index (χ1n) is 9.62. The summed E-state index contributed by atoms with van der Waals surface area (Å²) in [6, 6.07) is 9.05.